The van der Waals surface area contributed by atoms with Crippen LogP contribution in [0, 0.1) is 22.0 Å². The van der Waals surface area contributed by atoms with Crippen molar-refractivity contribution in [3.63, 3.8) is 0 Å². The van der Waals surface area contributed by atoms with Crippen molar-refractivity contribution in [2.24, 2.45) is 11.8 Å². The molecule has 0 aliphatic heterocycles. The van der Waals surface area contributed by atoms with Gasteiger partial charge in [-0.05, 0) is 12.3 Å². The lowest BCUT2D eigenvalue weighted by atomic mass is 10.0. The van der Waals surface area contributed by atoms with E-state index in [0.717, 1.165) is 6.42 Å². The number of non-ortho nitro benzene ring substituents is 1. The van der Waals surface area contributed by atoms with Crippen molar-refractivity contribution < 1.29 is 9.72 Å². The third-order valence-electron chi connectivity index (χ3n) is 3.60. The summed E-state index contributed by atoms with van der Waals surface area (Å²) < 4.78 is 0. The number of aromatic amines is 1. The number of rotatable bonds is 3. The molecule has 2 unspecified atom stereocenters. The Hall–Kier alpha value is -2.17. The second kappa shape index (κ2) is 3.66. The van der Waals surface area contributed by atoms with Gasteiger partial charge in [-0.15, -0.1) is 0 Å². The first kappa shape index (κ1) is 11.0. The van der Waals surface area contributed by atoms with E-state index in [1.54, 1.807) is 18.3 Å². The second-order valence-corrected chi connectivity index (χ2v) is 4.84. The van der Waals surface area contributed by atoms with Gasteiger partial charge in [0.25, 0.3) is 5.69 Å². The molecular weight excluding hydrogens is 232 g/mol. The zero-order chi connectivity index (χ0) is 12.9. The van der Waals surface area contributed by atoms with Gasteiger partial charge >= 0.3 is 0 Å². The van der Waals surface area contributed by atoms with Crippen LogP contribution in [-0.4, -0.2) is 15.7 Å². The van der Waals surface area contributed by atoms with Crippen LogP contribution in [0.5, 0.6) is 0 Å². The van der Waals surface area contributed by atoms with E-state index in [1.165, 1.54) is 6.07 Å². The molecule has 2 atom stereocenters. The van der Waals surface area contributed by atoms with Crippen molar-refractivity contribution in [3.8, 4) is 0 Å². The Bertz CT molecular complexity index is 659. The SMILES string of the molecule is CC1CC1C(=O)c1c[nH]c2c([N+](=O)[O-])cccc12. The third-order valence-corrected chi connectivity index (χ3v) is 3.60. The standard InChI is InChI=1S/C13H12N2O3/c1-7-5-9(7)13(16)10-6-14-12-8(10)3-2-4-11(12)15(17)18/h2-4,6-7,9,14H,5H2,1H3. The van der Waals surface area contributed by atoms with Gasteiger partial charge in [-0.3, -0.25) is 14.9 Å². The lowest BCUT2D eigenvalue weighted by Gasteiger charge is -1.97. The van der Waals surface area contributed by atoms with E-state index < -0.39 is 4.92 Å². The number of nitrogens with one attached hydrogen (secondary N) is 1. The molecule has 0 amide bonds. The van der Waals surface area contributed by atoms with Gasteiger partial charge < -0.3 is 4.98 Å². The number of hydrogen-bond donors (Lipinski definition) is 1. The van der Waals surface area contributed by atoms with Gasteiger partial charge in [0.05, 0.1) is 4.92 Å². The van der Waals surface area contributed by atoms with Gasteiger partial charge in [-0.1, -0.05) is 19.1 Å². The van der Waals surface area contributed by atoms with Crippen LogP contribution in [0.1, 0.15) is 23.7 Å². The Morgan fingerprint density at radius 2 is 2.22 bits per heavy atom. The number of aromatic nitrogens is 1. The van der Waals surface area contributed by atoms with Gasteiger partial charge in [-0.25, -0.2) is 0 Å². The summed E-state index contributed by atoms with van der Waals surface area (Å²) in [5, 5.41) is 11.5. The number of carbonyl (C=O) groups is 1. The van der Waals surface area contributed by atoms with E-state index >= 15 is 0 Å². The molecule has 1 saturated carbocycles. The molecule has 1 aromatic heterocycles. The van der Waals surface area contributed by atoms with Gasteiger partial charge in [0.1, 0.15) is 5.52 Å². The molecule has 1 fully saturated rings. The zero-order valence-electron chi connectivity index (χ0n) is 9.84. The maximum absolute atomic E-state index is 12.2. The molecule has 1 N–H and O–H groups in total. The fraction of sp³-hybridized carbons (Fsp3) is 0.308. The fourth-order valence-electron chi connectivity index (χ4n) is 2.38. The summed E-state index contributed by atoms with van der Waals surface area (Å²) in [5.41, 5.74) is 1.01. The summed E-state index contributed by atoms with van der Waals surface area (Å²) in [6.45, 7) is 2.04. The van der Waals surface area contributed by atoms with Crippen LogP contribution < -0.4 is 0 Å². The summed E-state index contributed by atoms with van der Waals surface area (Å²) in [6, 6.07) is 4.80. The molecule has 3 rings (SSSR count). The number of fused-ring (bicyclic) bond motifs is 1. The van der Waals surface area contributed by atoms with E-state index in [4.69, 9.17) is 0 Å². The van der Waals surface area contributed by atoms with Crippen LogP contribution in [0.4, 0.5) is 5.69 Å². The fourth-order valence-corrected chi connectivity index (χ4v) is 2.38. The minimum absolute atomic E-state index is 0.00963. The lowest BCUT2D eigenvalue weighted by molar-refractivity contribution is -0.383. The van der Waals surface area contributed by atoms with Gasteiger partial charge in [-0.2, -0.15) is 0 Å². The molecule has 0 saturated heterocycles. The number of hydrogen-bond acceptors (Lipinski definition) is 3. The largest absolute Gasteiger partial charge is 0.355 e. The quantitative estimate of drug-likeness (QED) is 0.512. The normalized spacial score (nSPS) is 22.1. The highest BCUT2D eigenvalue weighted by atomic mass is 16.6. The summed E-state index contributed by atoms with van der Waals surface area (Å²) in [4.78, 5) is 25.5. The van der Waals surface area contributed by atoms with Crippen LogP contribution in [-0.2, 0) is 0 Å². The van der Waals surface area contributed by atoms with E-state index in [-0.39, 0.29) is 17.4 Å². The minimum atomic E-state index is -0.438. The highest BCUT2D eigenvalue weighted by molar-refractivity contribution is 6.11. The Labute approximate surface area is 103 Å². The van der Waals surface area contributed by atoms with Crippen molar-refractivity contribution in [3.05, 3.63) is 40.1 Å². The highest BCUT2D eigenvalue weighted by Crippen LogP contribution is 2.41. The van der Waals surface area contributed by atoms with Crippen LogP contribution in [0.15, 0.2) is 24.4 Å². The summed E-state index contributed by atoms with van der Waals surface area (Å²) in [7, 11) is 0. The van der Waals surface area contributed by atoms with E-state index in [0.29, 0.717) is 22.4 Å². The topological polar surface area (TPSA) is 76.0 Å². The van der Waals surface area contributed by atoms with Gasteiger partial charge in [0.2, 0.25) is 0 Å². The number of carbonyl (C=O) groups excluding carboxylic acids is 1. The second-order valence-electron chi connectivity index (χ2n) is 4.84. The average Bonchev–Trinajstić information content (AvgIpc) is 2.91. The first-order valence-corrected chi connectivity index (χ1v) is 5.88. The number of H-pyrrole nitrogens is 1. The van der Waals surface area contributed by atoms with Gasteiger partial charge in [0, 0.05) is 29.1 Å². The van der Waals surface area contributed by atoms with E-state index in [9.17, 15) is 14.9 Å². The maximum atomic E-state index is 12.2. The summed E-state index contributed by atoms with van der Waals surface area (Å²) >= 11 is 0. The van der Waals surface area contributed by atoms with Crippen LogP contribution in [0.3, 0.4) is 0 Å². The monoisotopic (exact) mass is 244 g/mol. The Balaban J connectivity index is 2.12. The predicted octanol–water partition coefficient (Wildman–Crippen LogP) is 2.91. The minimum Gasteiger partial charge on any atom is -0.355 e. The number of nitro benzene ring substituents is 1. The first-order chi connectivity index (χ1) is 8.59. The number of ketones is 1. The molecule has 0 bridgehead atoms. The molecule has 2 aromatic rings. The van der Waals surface area contributed by atoms with Crippen molar-refractivity contribution >= 4 is 22.4 Å². The molecule has 5 nitrogen and oxygen atoms in total. The number of para-hydroxylation sites is 1. The first-order valence-electron chi connectivity index (χ1n) is 5.88. The van der Waals surface area contributed by atoms with Gasteiger partial charge in [0.15, 0.2) is 5.78 Å². The lowest BCUT2D eigenvalue weighted by Crippen LogP contribution is -2.01. The average molecular weight is 244 g/mol. The van der Waals surface area contributed by atoms with Crippen LogP contribution in [0.2, 0.25) is 0 Å². The number of benzene rings is 1. The molecular formula is C13H12N2O3. The molecule has 1 aliphatic carbocycles. The molecule has 0 radical (unpaired) electrons. The third kappa shape index (κ3) is 1.51. The zero-order valence-corrected chi connectivity index (χ0v) is 9.84. The predicted molar refractivity (Wildman–Crippen MR) is 66.6 cm³/mol. The van der Waals surface area contributed by atoms with Crippen molar-refractivity contribution in [1.82, 2.24) is 4.98 Å². The smallest absolute Gasteiger partial charge is 0.293 e. The van der Waals surface area contributed by atoms with E-state index in [1.807, 2.05) is 6.92 Å². The van der Waals surface area contributed by atoms with Crippen molar-refractivity contribution in [2.75, 3.05) is 0 Å². The van der Waals surface area contributed by atoms with Crippen molar-refractivity contribution in [2.45, 2.75) is 13.3 Å². The summed E-state index contributed by atoms with van der Waals surface area (Å²) in [5.74, 6) is 0.610. The number of nitrogens with zero attached hydrogens (tertiary/aromatic N) is 1. The van der Waals surface area contributed by atoms with Crippen molar-refractivity contribution in [1.29, 1.82) is 0 Å². The molecule has 1 aliphatic rings. The Kier molecular flexibility index (Phi) is 2.23. The molecule has 18 heavy (non-hydrogen) atoms. The molecule has 1 heterocycles. The number of nitro groups is 1. The number of Topliss-reactive ketones (excluding diaryl/α,β-unsaturated/α-hetero) is 1. The highest BCUT2D eigenvalue weighted by Gasteiger charge is 2.40. The van der Waals surface area contributed by atoms with Crippen LogP contribution in [0.25, 0.3) is 10.9 Å². The molecule has 1 aromatic carbocycles. The molecule has 92 valence electrons. The van der Waals surface area contributed by atoms with Crippen LogP contribution >= 0.6 is 0 Å². The molecule has 0 spiro atoms. The van der Waals surface area contributed by atoms with E-state index in [2.05, 4.69) is 4.98 Å². The maximum Gasteiger partial charge on any atom is 0.293 e. The summed E-state index contributed by atoms with van der Waals surface area (Å²) in [6.07, 6.45) is 2.51. The Morgan fingerprint density at radius 1 is 1.50 bits per heavy atom. The molecule has 5 heteroatoms. The Morgan fingerprint density at radius 3 is 2.83 bits per heavy atom.